The van der Waals surface area contributed by atoms with E-state index >= 15 is 0 Å². The fraction of sp³-hybridized carbons (Fsp3) is 0.143. The molecule has 2 aromatic rings. The van der Waals surface area contributed by atoms with Crippen LogP contribution in [0, 0.1) is 3.57 Å². The zero-order chi connectivity index (χ0) is 11.4. The van der Waals surface area contributed by atoms with Gasteiger partial charge in [-0.05, 0) is 51.1 Å². The molecular formula is C14H13IO. The van der Waals surface area contributed by atoms with Gasteiger partial charge in [0.15, 0.2) is 0 Å². The Morgan fingerprint density at radius 2 is 2.12 bits per heavy atom. The highest BCUT2D eigenvalue weighted by molar-refractivity contribution is 14.1. The quantitative estimate of drug-likeness (QED) is 0.466. The molecule has 0 bridgehead atoms. The largest absolute Gasteiger partial charge is 0.373 e. The smallest absolute Gasteiger partial charge is 0.0727 e. The van der Waals surface area contributed by atoms with Gasteiger partial charge in [0.25, 0.3) is 0 Å². The van der Waals surface area contributed by atoms with Crippen molar-refractivity contribution in [3.8, 4) is 0 Å². The predicted octanol–water partition coefficient (Wildman–Crippen LogP) is 4.15. The molecule has 0 radical (unpaired) electrons. The minimum absolute atomic E-state index is 0.598. The van der Waals surface area contributed by atoms with Crippen molar-refractivity contribution in [1.29, 1.82) is 0 Å². The van der Waals surface area contributed by atoms with Crippen molar-refractivity contribution >= 4 is 33.4 Å². The van der Waals surface area contributed by atoms with Crippen molar-refractivity contribution in [3.63, 3.8) is 0 Å². The van der Waals surface area contributed by atoms with Crippen molar-refractivity contribution in [3.05, 3.63) is 58.2 Å². The molecule has 0 atom stereocenters. The highest BCUT2D eigenvalue weighted by Gasteiger charge is 2.01. The maximum absolute atomic E-state index is 5.50. The minimum Gasteiger partial charge on any atom is -0.373 e. The summed E-state index contributed by atoms with van der Waals surface area (Å²) in [5.41, 5.74) is 1.23. The van der Waals surface area contributed by atoms with Crippen LogP contribution in [0.1, 0.15) is 5.56 Å². The Kier molecular flexibility index (Phi) is 3.96. The maximum Gasteiger partial charge on any atom is 0.0727 e. The highest BCUT2D eigenvalue weighted by Crippen LogP contribution is 2.21. The van der Waals surface area contributed by atoms with E-state index in [1.165, 1.54) is 19.9 Å². The Bertz CT molecular complexity index is 505. The maximum atomic E-state index is 5.50. The molecule has 0 heterocycles. The van der Waals surface area contributed by atoms with E-state index < -0.39 is 0 Å². The first kappa shape index (κ1) is 11.6. The van der Waals surface area contributed by atoms with Gasteiger partial charge >= 0.3 is 0 Å². The van der Waals surface area contributed by atoms with Gasteiger partial charge in [0.2, 0.25) is 0 Å². The number of rotatable bonds is 4. The zero-order valence-electron chi connectivity index (χ0n) is 8.95. The first-order chi connectivity index (χ1) is 7.81. The van der Waals surface area contributed by atoms with Gasteiger partial charge in [-0.2, -0.15) is 0 Å². The second kappa shape index (κ2) is 5.46. The van der Waals surface area contributed by atoms with Crippen LogP contribution in [0.3, 0.4) is 0 Å². The van der Waals surface area contributed by atoms with Gasteiger partial charge in [0.1, 0.15) is 0 Å². The monoisotopic (exact) mass is 324 g/mol. The van der Waals surface area contributed by atoms with Crippen LogP contribution in [0.2, 0.25) is 0 Å². The summed E-state index contributed by atoms with van der Waals surface area (Å²) < 4.78 is 6.75. The van der Waals surface area contributed by atoms with Crippen molar-refractivity contribution in [2.45, 2.75) is 6.61 Å². The molecule has 0 aliphatic rings. The molecule has 0 amide bonds. The molecule has 0 spiro atoms. The van der Waals surface area contributed by atoms with E-state index in [9.17, 15) is 0 Å². The van der Waals surface area contributed by atoms with Crippen LogP contribution in [0.15, 0.2) is 49.1 Å². The number of fused-ring (bicyclic) bond motifs is 1. The molecule has 2 aromatic carbocycles. The Morgan fingerprint density at radius 1 is 1.25 bits per heavy atom. The molecule has 0 aliphatic carbocycles. The lowest BCUT2D eigenvalue weighted by Gasteiger charge is -2.07. The van der Waals surface area contributed by atoms with E-state index in [1.54, 1.807) is 6.08 Å². The third kappa shape index (κ3) is 2.62. The SMILES string of the molecule is C=CCOCc1cccc2ccc(I)cc12. The molecule has 0 fully saturated rings. The number of halogens is 1. The van der Waals surface area contributed by atoms with Gasteiger partial charge in [0, 0.05) is 3.57 Å². The van der Waals surface area contributed by atoms with Crippen LogP contribution in [0.4, 0.5) is 0 Å². The first-order valence-electron chi connectivity index (χ1n) is 5.17. The molecule has 0 unspecified atom stereocenters. The van der Waals surface area contributed by atoms with Gasteiger partial charge in [-0.25, -0.2) is 0 Å². The predicted molar refractivity (Wildman–Crippen MR) is 76.5 cm³/mol. The summed E-state index contributed by atoms with van der Waals surface area (Å²) in [6.45, 7) is 4.88. The molecule has 1 nitrogen and oxygen atoms in total. The van der Waals surface area contributed by atoms with Crippen molar-refractivity contribution in [1.82, 2.24) is 0 Å². The summed E-state index contributed by atoms with van der Waals surface area (Å²) in [7, 11) is 0. The normalized spacial score (nSPS) is 10.6. The molecule has 0 N–H and O–H groups in total. The van der Waals surface area contributed by atoms with Crippen LogP contribution in [0.25, 0.3) is 10.8 Å². The topological polar surface area (TPSA) is 9.23 Å². The van der Waals surface area contributed by atoms with Crippen LogP contribution in [-0.4, -0.2) is 6.61 Å². The molecule has 2 heteroatoms. The van der Waals surface area contributed by atoms with Gasteiger partial charge in [0.05, 0.1) is 13.2 Å². The molecule has 0 aliphatic heterocycles. The number of benzene rings is 2. The Morgan fingerprint density at radius 3 is 2.94 bits per heavy atom. The van der Waals surface area contributed by atoms with E-state index in [-0.39, 0.29) is 0 Å². The summed E-state index contributed by atoms with van der Waals surface area (Å²) in [6.07, 6.45) is 1.77. The van der Waals surface area contributed by atoms with Crippen LogP contribution in [-0.2, 0) is 11.3 Å². The van der Waals surface area contributed by atoms with Gasteiger partial charge in [-0.3, -0.25) is 0 Å². The molecule has 0 saturated carbocycles. The lowest BCUT2D eigenvalue weighted by atomic mass is 10.1. The van der Waals surface area contributed by atoms with Crippen LogP contribution < -0.4 is 0 Å². The van der Waals surface area contributed by atoms with Crippen LogP contribution >= 0.6 is 22.6 Å². The fourth-order valence-corrected chi connectivity index (χ4v) is 2.18. The van der Waals surface area contributed by atoms with E-state index in [2.05, 4.69) is 65.6 Å². The van der Waals surface area contributed by atoms with Crippen molar-refractivity contribution in [2.75, 3.05) is 6.61 Å². The summed E-state index contributed by atoms with van der Waals surface area (Å²) in [6, 6.07) is 12.8. The van der Waals surface area contributed by atoms with Crippen LogP contribution in [0.5, 0.6) is 0 Å². The number of hydrogen-bond acceptors (Lipinski definition) is 1. The molecule has 0 saturated heterocycles. The summed E-state index contributed by atoms with van der Waals surface area (Å²) >= 11 is 2.33. The van der Waals surface area contributed by atoms with Gasteiger partial charge in [-0.1, -0.05) is 30.3 Å². The summed E-state index contributed by atoms with van der Waals surface area (Å²) in [4.78, 5) is 0. The Hall–Kier alpha value is -0.870. The Balaban J connectivity index is 2.36. The summed E-state index contributed by atoms with van der Waals surface area (Å²) in [5, 5.41) is 2.54. The summed E-state index contributed by atoms with van der Waals surface area (Å²) in [5.74, 6) is 0. The molecule has 16 heavy (non-hydrogen) atoms. The van der Waals surface area contributed by atoms with E-state index in [0.29, 0.717) is 13.2 Å². The van der Waals surface area contributed by atoms with Gasteiger partial charge in [-0.15, -0.1) is 6.58 Å². The van der Waals surface area contributed by atoms with Gasteiger partial charge < -0.3 is 4.74 Å². The number of ether oxygens (including phenoxy) is 1. The minimum atomic E-state index is 0.598. The second-order valence-electron chi connectivity index (χ2n) is 3.59. The standard InChI is InChI=1S/C14H13IO/c1-2-8-16-10-12-5-3-4-11-6-7-13(15)9-14(11)12/h2-7,9H,1,8,10H2. The van der Waals surface area contributed by atoms with E-state index in [4.69, 9.17) is 4.74 Å². The third-order valence-corrected chi connectivity index (χ3v) is 3.10. The zero-order valence-corrected chi connectivity index (χ0v) is 11.1. The highest BCUT2D eigenvalue weighted by atomic mass is 127. The molecular weight excluding hydrogens is 311 g/mol. The lowest BCUT2D eigenvalue weighted by molar-refractivity contribution is 0.150. The Labute approximate surface area is 109 Å². The third-order valence-electron chi connectivity index (χ3n) is 2.43. The lowest BCUT2D eigenvalue weighted by Crippen LogP contribution is -1.93. The van der Waals surface area contributed by atoms with Crippen molar-refractivity contribution in [2.24, 2.45) is 0 Å². The molecule has 0 aromatic heterocycles. The first-order valence-corrected chi connectivity index (χ1v) is 6.25. The molecule has 82 valence electrons. The molecule has 2 rings (SSSR count). The second-order valence-corrected chi connectivity index (χ2v) is 4.83. The average molecular weight is 324 g/mol. The number of hydrogen-bond donors (Lipinski definition) is 0. The fourth-order valence-electron chi connectivity index (χ4n) is 1.69. The van der Waals surface area contributed by atoms with E-state index in [1.807, 2.05) is 0 Å². The average Bonchev–Trinajstić information content (AvgIpc) is 2.30. The van der Waals surface area contributed by atoms with E-state index in [0.717, 1.165) is 0 Å². The van der Waals surface area contributed by atoms with Crippen molar-refractivity contribution < 1.29 is 4.74 Å².